The van der Waals surface area contributed by atoms with Crippen LogP contribution in [0.2, 0.25) is 4.34 Å². The zero-order valence-corrected chi connectivity index (χ0v) is 11.3. The SMILES string of the molecule is O=C1CCc2ccc(F)cc2N1Cc1nnsc1Cl. The highest BCUT2D eigenvalue weighted by Gasteiger charge is 2.26. The number of benzene rings is 1. The number of fused-ring (bicyclic) bond motifs is 1. The van der Waals surface area contributed by atoms with Crippen LogP contribution in [0.3, 0.4) is 0 Å². The summed E-state index contributed by atoms with van der Waals surface area (Å²) < 4.78 is 17.6. The Hall–Kier alpha value is -1.53. The summed E-state index contributed by atoms with van der Waals surface area (Å²) in [5.41, 5.74) is 2.10. The van der Waals surface area contributed by atoms with Crippen LogP contribution in [-0.2, 0) is 17.8 Å². The van der Waals surface area contributed by atoms with Crippen molar-refractivity contribution >= 4 is 34.7 Å². The number of anilines is 1. The average Bonchev–Trinajstić information content (AvgIpc) is 2.79. The molecule has 0 N–H and O–H groups in total. The Morgan fingerprint density at radius 1 is 1.42 bits per heavy atom. The van der Waals surface area contributed by atoms with Crippen LogP contribution < -0.4 is 4.90 Å². The number of aryl methyl sites for hydroxylation is 1. The van der Waals surface area contributed by atoms with Gasteiger partial charge in [-0.25, -0.2) is 4.39 Å². The summed E-state index contributed by atoms with van der Waals surface area (Å²) >= 11 is 7.02. The molecule has 0 radical (unpaired) electrons. The number of hydrogen-bond acceptors (Lipinski definition) is 4. The minimum absolute atomic E-state index is 0.0535. The largest absolute Gasteiger partial charge is 0.306 e. The lowest BCUT2D eigenvalue weighted by atomic mass is 10.0. The fourth-order valence-electron chi connectivity index (χ4n) is 2.13. The molecule has 4 nitrogen and oxygen atoms in total. The second-order valence-corrected chi connectivity index (χ2v) is 5.60. The first-order chi connectivity index (χ1) is 9.15. The first kappa shape index (κ1) is 12.5. The van der Waals surface area contributed by atoms with E-state index in [1.807, 2.05) is 0 Å². The van der Waals surface area contributed by atoms with E-state index in [0.717, 1.165) is 17.1 Å². The maximum Gasteiger partial charge on any atom is 0.227 e. The summed E-state index contributed by atoms with van der Waals surface area (Å²) in [6.45, 7) is 0.227. The summed E-state index contributed by atoms with van der Waals surface area (Å²) in [5.74, 6) is -0.414. The number of aromatic nitrogens is 2. The summed E-state index contributed by atoms with van der Waals surface area (Å²) in [5, 5.41) is 3.89. The molecule has 0 saturated heterocycles. The van der Waals surface area contributed by atoms with Crippen molar-refractivity contribution < 1.29 is 9.18 Å². The van der Waals surface area contributed by atoms with Crippen molar-refractivity contribution in [3.63, 3.8) is 0 Å². The maximum absolute atomic E-state index is 13.4. The van der Waals surface area contributed by atoms with E-state index < -0.39 is 0 Å². The number of carbonyl (C=O) groups excluding carboxylic acids is 1. The van der Waals surface area contributed by atoms with Gasteiger partial charge in [0, 0.05) is 18.0 Å². The van der Waals surface area contributed by atoms with Crippen molar-refractivity contribution in [1.82, 2.24) is 9.59 Å². The number of hydrogen-bond donors (Lipinski definition) is 0. The quantitative estimate of drug-likeness (QED) is 0.856. The van der Waals surface area contributed by atoms with Gasteiger partial charge in [-0.1, -0.05) is 22.2 Å². The van der Waals surface area contributed by atoms with E-state index in [9.17, 15) is 9.18 Å². The van der Waals surface area contributed by atoms with Crippen molar-refractivity contribution in [1.29, 1.82) is 0 Å². The van der Waals surface area contributed by atoms with Crippen LogP contribution >= 0.6 is 23.1 Å². The molecular weight excluding hydrogens is 289 g/mol. The molecule has 0 atom stereocenters. The lowest BCUT2D eigenvalue weighted by molar-refractivity contribution is -0.119. The fourth-order valence-corrected chi connectivity index (χ4v) is 2.74. The molecule has 3 rings (SSSR count). The van der Waals surface area contributed by atoms with Crippen LogP contribution in [0.5, 0.6) is 0 Å². The Labute approximate surface area is 118 Å². The predicted molar refractivity (Wildman–Crippen MR) is 70.8 cm³/mol. The molecule has 98 valence electrons. The molecule has 1 aliphatic rings. The molecular formula is C12H9ClFN3OS. The Morgan fingerprint density at radius 3 is 3.00 bits per heavy atom. The van der Waals surface area contributed by atoms with Crippen LogP contribution in [0.4, 0.5) is 10.1 Å². The molecule has 1 aromatic carbocycles. The minimum atomic E-state index is -0.360. The Balaban J connectivity index is 1.99. The highest BCUT2D eigenvalue weighted by molar-refractivity contribution is 7.10. The normalized spacial score (nSPS) is 14.6. The fraction of sp³-hybridized carbons (Fsp3) is 0.250. The zero-order valence-electron chi connectivity index (χ0n) is 9.77. The van der Waals surface area contributed by atoms with Crippen molar-refractivity contribution in [3.8, 4) is 0 Å². The van der Waals surface area contributed by atoms with Crippen molar-refractivity contribution in [2.24, 2.45) is 0 Å². The molecule has 0 spiro atoms. The van der Waals surface area contributed by atoms with Crippen molar-refractivity contribution in [2.45, 2.75) is 19.4 Å². The lowest BCUT2D eigenvalue weighted by Crippen LogP contribution is -2.34. The van der Waals surface area contributed by atoms with Crippen LogP contribution in [0, 0.1) is 5.82 Å². The summed E-state index contributed by atoms with van der Waals surface area (Å²) in [6.07, 6.45) is 1.04. The summed E-state index contributed by atoms with van der Waals surface area (Å²) in [4.78, 5) is 13.5. The van der Waals surface area contributed by atoms with Gasteiger partial charge in [-0.2, -0.15) is 0 Å². The van der Waals surface area contributed by atoms with Crippen LogP contribution in [0.25, 0.3) is 0 Å². The molecule has 7 heteroatoms. The summed E-state index contributed by atoms with van der Waals surface area (Å²) in [7, 11) is 0. The third kappa shape index (κ3) is 2.33. The van der Waals surface area contributed by atoms with E-state index in [1.165, 1.54) is 17.0 Å². The standard InChI is InChI=1S/C12H9ClFN3OS/c13-12-9(15-16-19-12)6-17-10-5-8(14)3-1-7(10)2-4-11(17)18/h1,3,5H,2,4,6H2. The second-order valence-electron chi connectivity index (χ2n) is 4.25. The molecule has 0 unspecified atom stereocenters. The van der Waals surface area contributed by atoms with Gasteiger partial charge in [0.2, 0.25) is 5.91 Å². The van der Waals surface area contributed by atoms with E-state index in [-0.39, 0.29) is 18.3 Å². The Morgan fingerprint density at radius 2 is 2.26 bits per heavy atom. The lowest BCUT2D eigenvalue weighted by Gasteiger charge is -2.28. The van der Waals surface area contributed by atoms with E-state index in [2.05, 4.69) is 9.59 Å². The van der Waals surface area contributed by atoms with Crippen molar-refractivity contribution in [2.75, 3.05) is 4.90 Å². The van der Waals surface area contributed by atoms with E-state index in [0.29, 0.717) is 28.6 Å². The van der Waals surface area contributed by atoms with E-state index in [4.69, 9.17) is 11.6 Å². The Bertz CT molecular complexity index is 646. The topological polar surface area (TPSA) is 46.1 Å². The molecule has 19 heavy (non-hydrogen) atoms. The second kappa shape index (κ2) is 4.86. The Kier molecular flexibility index (Phi) is 3.20. The molecule has 0 saturated carbocycles. The van der Waals surface area contributed by atoms with Gasteiger partial charge < -0.3 is 4.90 Å². The van der Waals surface area contributed by atoms with Gasteiger partial charge >= 0.3 is 0 Å². The van der Waals surface area contributed by atoms with Crippen molar-refractivity contribution in [3.05, 3.63) is 39.6 Å². The van der Waals surface area contributed by atoms with Crippen LogP contribution in [0.15, 0.2) is 18.2 Å². The molecule has 1 amide bonds. The third-order valence-corrected chi connectivity index (χ3v) is 4.05. The highest BCUT2D eigenvalue weighted by atomic mass is 35.5. The molecule has 1 aromatic heterocycles. The monoisotopic (exact) mass is 297 g/mol. The van der Waals surface area contributed by atoms with Gasteiger partial charge in [0.15, 0.2) is 0 Å². The smallest absolute Gasteiger partial charge is 0.227 e. The molecule has 0 fully saturated rings. The number of halogens is 2. The molecule has 2 aromatic rings. The van der Waals surface area contributed by atoms with E-state index in [1.54, 1.807) is 6.07 Å². The maximum atomic E-state index is 13.4. The number of amides is 1. The summed E-state index contributed by atoms with van der Waals surface area (Å²) in [6, 6.07) is 4.50. The number of carbonyl (C=O) groups is 1. The number of nitrogens with zero attached hydrogens (tertiary/aromatic N) is 3. The predicted octanol–water partition coefficient (Wildman–Crippen LogP) is 2.81. The van der Waals surface area contributed by atoms with Crippen LogP contribution in [0.1, 0.15) is 17.7 Å². The number of rotatable bonds is 2. The minimum Gasteiger partial charge on any atom is -0.306 e. The first-order valence-corrected chi connectivity index (χ1v) is 6.86. The van der Waals surface area contributed by atoms with Crippen LogP contribution in [-0.4, -0.2) is 15.5 Å². The molecule has 0 bridgehead atoms. The van der Waals surface area contributed by atoms with Gasteiger partial charge in [-0.15, -0.1) is 5.10 Å². The highest BCUT2D eigenvalue weighted by Crippen LogP contribution is 2.31. The van der Waals surface area contributed by atoms with Gasteiger partial charge in [0.05, 0.1) is 12.2 Å². The van der Waals surface area contributed by atoms with E-state index >= 15 is 0 Å². The molecule has 1 aliphatic heterocycles. The van der Waals surface area contributed by atoms with Gasteiger partial charge in [-0.05, 0) is 24.1 Å². The average molecular weight is 298 g/mol. The molecule has 0 aliphatic carbocycles. The zero-order chi connectivity index (χ0) is 13.4. The first-order valence-electron chi connectivity index (χ1n) is 5.70. The van der Waals surface area contributed by atoms with Gasteiger partial charge in [-0.3, -0.25) is 4.79 Å². The van der Waals surface area contributed by atoms with Gasteiger partial charge in [0.25, 0.3) is 0 Å². The van der Waals surface area contributed by atoms with Gasteiger partial charge in [0.1, 0.15) is 15.8 Å². The molecule has 2 heterocycles. The third-order valence-electron chi connectivity index (χ3n) is 3.06.